The number of fused-ring (bicyclic) bond motifs is 1. The standard InChI is InChI=1S/C21H18FNO3S2/c1-26-19-7-4-17(22)12-21(19)28(24,25)18-5-2-15(3-6-18)13-23-10-8-16-9-11-27-20(16)14-23/h2-12H,13-14H2,1H3. The molecule has 1 aromatic heterocycles. The lowest BCUT2D eigenvalue weighted by atomic mass is 10.1. The zero-order valence-electron chi connectivity index (χ0n) is 15.1. The summed E-state index contributed by atoms with van der Waals surface area (Å²) >= 11 is 1.73. The number of hydrogen-bond donors (Lipinski definition) is 0. The molecule has 0 amide bonds. The first kappa shape index (κ1) is 18.7. The molecule has 0 radical (unpaired) electrons. The number of ether oxygens (including phenoxy) is 1. The van der Waals surface area contributed by atoms with Crippen LogP contribution in [0.15, 0.2) is 69.9 Å². The number of hydrogen-bond acceptors (Lipinski definition) is 5. The molecule has 0 fully saturated rings. The van der Waals surface area contributed by atoms with Gasteiger partial charge >= 0.3 is 0 Å². The van der Waals surface area contributed by atoms with E-state index in [1.807, 2.05) is 0 Å². The molecule has 4 nitrogen and oxygen atoms in total. The third kappa shape index (κ3) is 3.55. The summed E-state index contributed by atoms with van der Waals surface area (Å²) in [5.41, 5.74) is 2.25. The predicted octanol–water partition coefficient (Wildman–Crippen LogP) is 4.72. The minimum absolute atomic E-state index is 0.106. The van der Waals surface area contributed by atoms with Gasteiger partial charge in [0.1, 0.15) is 16.5 Å². The summed E-state index contributed by atoms with van der Waals surface area (Å²) in [6.45, 7) is 1.52. The third-order valence-corrected chi connectivity index (χ3v) is 7.34. The smallest absolute Gasteiger partial charge is 0.210 e. The van der Waals surface area contributed by atoms with Crippen LogP contribution >= 0.6 is 11.3 Å². The summed E-state index contributed by atoms with van der Waals surface area (Å²) in [5, 5.41) is 2.08. The van der Waals surface area contributed by atoms with Crippen molar-refractivity contribution in [2.75, 3.05) is 7.11 Å². The van der Waals surface area contributed by atoms with Crippen LogP contribution in [0.1, 0.15) is 16.0 Å². The summed E-state index contributed by atoms with van der Waals surface area (Å²) in [6.07, 6.45) is 4.14. The SMILES string of the molecule is COc1ccc(F)cc1S(=O)(=O)c1ccc(CN2C=Cc3ccsc3C2)cc1. The molecule has 0 atom stereocenters. The normalized spacial score (nSPS) is 13.4. The highest BCUT2D eigenvalue weighted by Crippen LogP contribution is 2.31. The predicted molar refractivity (Wildman–Crippen MR) is 107 cm³/mol. The van der Waals surface area contributed by atoms with E-state index in [1.54, 1.807) is 35.6 Å². The lowest BCUT2D eigenvalue weighted by Gasteiger charge is -2.23. The molecule has 0 spiro atoms. The Labute approximate surface area is 167 Å². The van der Waals surface area contributed by atoms with E-state index in [-0.39, 0.29) is 15.5 Å². The number of rotatable bonds is 5. The Morgan fingerprint density at radius 3 is 2.68 bits per heavy atom. The van der Waals surface area contributed by atoms with Crippen LogP contribution < -0.4 is 4.74 Å². The van der Waals surface area contributed by atoms with Gasteiger partial charge in [0.15, 0.2) is 0 Å². The number of benzene rings is 2. The van der Waals surface area contributed by atoms with Crippen molar-refractivity contribution < 1.29 is 17.5 Å². The molecule has 28 heavy (non-hydrogen) atoms. The average Bonchev–Trinajstić information content (AvgIpc) is 3.16. The van der Waals surface area contributed by atoms with Crippen LogP contribution in [-0.2, 0) is 22.9 Å². The molecule has 4 rings (SSSR count). The number of thiophene rings is 1. The molecule has 1 aliphatic rings. The van der Waals surface area contributed by atoms with Gasteiger partial charge in [-0.2, -0.15) is 0 Å². The molecule has 0 bridgehead atoms. The maximum absolute atomic E-state index is 13.6. The van der Waals surface area contributed by atoms with Gasteiger partial charge in [0.2, 0.25) is 9.84 Å². The van der Waals surface area contributed by atoms with Crippen molar-refractivity contribution in [3.63, 3.8) is 0 Å². The molecule has 2 heterocycles. The Morgan fingerprint density at radius 2 is 1.93 bits per heavy atom. The highest BCUT2D eigenvalue weighted by Gasteiger charge is 2.23. The van der Waals surface area contributed by atoms with Gasteiger partial charge in [0, 0.05) is 17.6 Å². The van der Waals surface area contributed by atoms with Crippen molar-refractivity contribution >= 4 is 27.3 Å². The van der Waals surface area contributed by atoms with Crippen LogP contribution in [0.4, 0.5) is 4.39 Å². The second-order valence-corrected chi connectivity index (χ2v) is 9.38. The fourth-order valence-electron chi connectivity index (χ4n) is 3.16. The highest BCUT2D eigenvalue weighted by atomic mass is 32.2. The van der Waals surface area contributed by atoms with Crippen molar-refractivity contribution in [2.24, 2.45) is 0 Å². The number of halogens is 1. The maximum atomic E-state index is 13.6. The molecule has 7 heteroatoms. The first-order valence-corrected chi connectivity index (χ1v) is 11.0. The molecule has 0 aliphatic carbocycles. The Balaban J connectivity index is 1.56. The van der Waals surface area contributed by atoms with Crippen LogP contribution in [0, 0.1) is 5.82 Å². The number of methoxy groups -OCH3 is 1. The minimum atomic E-state index is -3.88. The summed E-state index contributed by atoms with van der Waals surface area (Å²) < 4.78 is 44.5. The molecular formula is C21H18FNO3S2. The van der Waals surface area contributed by atoms with Crippen molar-refractivity contribution in [1.29, 1.82) is 0 Å². The zero-order valence-corrected chi connectivity index (χ0v) is 16.8. The Hall–Kier alpha value is -2.64. The maximum Gasteiger partial charge on any atom is 0.210 e. The molecule has 1 aliphatic heterocycles. The largest absolute Gasteiger partial charge is 0.495 e. The van der Waals surface area contributed by atoms with E-state index in [0.29, 0.717) is 6.54 Å². The summed E-state index contributed by atoms with van der Waals surface area (Å²) in [7, 11) is -2.52. The second-order valence-electron chi connectivity index (χ2n) is 6.46. The van der Waals surface area contributed by atoms with Crippen molar-refractivity contribution in [3.8, 4) is 5.75 Å². The first-order valence-electron chi connectivity index (χ1n) is 8.63. The molecule has 144 valence electrons. The quantitative estimate of drug-likeness (QED) is 0.605. The molecular weight excluding hydrogens is 397 g/mol. The minimum Gasteiger partial charge on any atom is -0.495 e. The first-order chi connectivity index (χ1) is 13.5. The van der Waals surface area contributed by atoms with Gasteiger partial charge in [0.25, 0.3) is 0 Å². The van der Waals surface area contributed by atoms with E-state index in [0.717, 1.165) is 18.2 Å². The van der Waals surface area contributed by atoms with Gasteiger partial charge in [-0.1, -0.05) is 12.1 Å². The summed E-state index contributed by atoms with van der Waals surface area (Å²) in [6, 6.07) is 12.3. The third-order valence-electron chi connectivity index (χ3n) is 4.63. The fraction of sp³-hybridized carbons (Fsp3) is 0.143. The van der Waals surface area contributed by atoms with E-state index in [2.05, 4.69) is 28.6 Å². The van der Waals surface area contributed by atoms with Gasteiger partial charge in [-0.05, 0) is 59.0 Å². The van der Waals surface area contributed by atoms with E-state index < -0.39 is 15.7 Å². The van der Waals surface area contributed by atoms with Crippen LogP contribution in [0.5, 0.6) is 5.75 Å². The zero-order chi connectivity index (χ0) is 19.7. The second kappa shape index (κ2) is 7.41. The molecule has 0 saturated carbocycles. The Morgan fingerprint density at radius 1 is 1.14 bits per heavy atom. The molecule has 3 aromatic rings. The van der Waals surface area contributed by atoms with E-state index in [1.165, 1.54) is 29.7 Å². The topological polar surface area (TPSA) is 46.6 Å². The van der Waals surface area contributed by atoms with Gasteiger partial charge in [-0.15, -0.1) is 11.3 Å². The van der Waals surface area contributed by atoms with Crippen LogP contribution in [0.3, 0.4) is 0 Å². The van der Waals surface area contributed by atoms with Crippen LogP contribution in [0.25, 0.3) is 6.08 Å². The van der Waals surface area contributed by atoms with Crippen molar-refractivity contribution in [3.05, 3.63) is 81.9 Å². The monoisotopic (exact) mass is 415 g/mol. The average molecular weight is 416 g/mol. The van der Waals surface area contributed by atoms with E-state index in [9.17, 15) is 12.8 Å². The molecule has 0 saturated heterocycles. The Kier molecular flexibility index (Phi) is 4.95. The molecule has 0 unspecified atom stereocenters. The molecule has 2 aromatic carbocycles. The van der Waals surface area contributed by atoms with Crippen LogP contribution in [0.2, 0.25) is 0 Å². The van der Waals surface area contributed by atoms with Gasteiger partial charge < -0.3 is 9.64 Å². The number of sulfone groups is 1. The summed E-state index contributed by atoms with van der Waals surface area (Å²) in [5.74, 6) is -0.503. The van der Waals surface area contributed by atoms with E-state index >= 15 is 0 Å². The van der Waals surface area contributed by atoms with Crippen LogP contribution in [-0.4, -0.2) is 20.4 Å². The Bertz CT molecular complexity index is 1130. The van der Waals surface area contributed by atoms with Crippen molar-refractivity contribution in [2.45, 2.75) is 22.9 Å². The van der Waals surface area contributed by atoms with Crippen molar-refractivity contribution in [1.82, 2.24) is 4.90 Å². The summed E-state index contributed by atoms with van der Waals surface area (Å²) in [4.78, 5) is 3.43. The van der Waals surface area contributed by atoms with Gasteiger partial charge in [-0.25, -0.2) is 12.8 Å². The number of nitrogens with zero attached hydrogens (tertiary/aromatic N) is 1. The molecule has 0 N–H and O–H groups in total. The van der Waals surface area contributed by atoms with E-state index in [4.69, 9.17) is 4.74 Å². The van der Waals surface area contributed by atoms with Gasteiger partial charge in [0.05, 0.1) is 18.6 Å². The lowest BCUT2D eigenvalue weighted by Crippen LogP contribution is -2.18. The van der Waals surface area contributed by atoms with Gasteiger partial charge in [-0.3, -0.25) is 0 Å². The lowest BCUT2D eigenvalue weighted by molar-refractivity contribution is 0.363. The highest BCUT2D eigenvalue weighted by molar-refractivity contribution is 7.91. The fourth-order valence-corrected chi connectivity index (χ4v) is 5.48.